The van der Waals surface area contributed by atoms with Gasteiger partial charge in [-0.3, -0.25) is 0 Å². The van der Waals surface area contributed by atoms with Crippen LogP contribution in [0.4, 0.5) is 0 Å². The zero-order valence-electron chi connectivity index (χ0n) is 8.23. The second-order valence-corrected chi connectivity index (χ2v) is 5.93. The molecule has 0 amide bonds. The molecule has 3 heteroatoms. The van der Waals surface area contributed by atoms with E-state index in [2.05, 4.69) is 23.0 Å². The highest BCUT2D eigenvalue weighted by Gasteiger charge is 2.34. The molecule has 2 aliphatic rings. The van der Waals surface area contributed by atoms with Crippen LogP contribution in [0.5, 0.6) is 0 Å². The highest BCUT2D eigenvalue weighted by molar-refractivity contribution is 9.09. The highest BCUT2D eigenvalue weighted by atomic mass is 79.9. The van der Waals surface area contributed by atoms with Crippen LogP contribution in [0.25, 0.3) is 0 Å². The number of hydrogen-bond acceptors (Lipinski definition) is 0. The standard InChI is InChI=1S/C10H18BrN.BrH/c1-12-5-4-8-6-10(11)3-2-9(8)7-12;/h8-10H,2-7H2,1H3;1H/t8-,9?,10?;/m0./s1. The van der Waals surface area contributed by atoms with Gasteiger partial charge in [0.15, 0.2) is 0 Å². The molecule has 3 unspecified atom stereocenters. The van der Waals surface area contributed by atoms with E-state index in [0.29, 0.717) is 0 Å². The van der Waals surface area contributed by atoms with Crippen molar-refractivity contribution in [2.45, 2.75) is 30.5 Å². The number of piperidine rings is 1. The number of quaternary nitrogens is 1. The minimum atomic E-state index is 0. The number of nitrogens with one attached hydrogen (secondary N) is 1. The van der Waals surface area contributed by atoms with E-state index in [-0.39, 0.29) is 17.0 Å². The first-order valence-electron chi connectivity index (χ1n) is 5.21. The first kappa shape index (κ1) is 12.0. The Morgan fingerprint density at radius 2 is 1.92 bits per heavy atom. The molecule has 78 valence electrons. The van der Waals surface area contributed by atoms with Crippen molar-refractivity contribution in [3.05, 3.63) is 0 Å². The molecule has 2 fully saturated rings. The van der Waals surface area contributed by atoms with E-state index in [4.69, 9.17) is 0 Å². The van der Waals surface area contributed by atoms with Gasteiger partial charge in [0.05, 0.1) is 20.1 Å². The molecule has 1 saturated carbocycles. The number of hydrogen-bond donors (Lipinski definition) is 1. The lowest BCUT2D eigenvalue weighted by Gasteiger charge is -2.39. The van der Waals surface area contributed by atoms with Crippen LogP contribution in [-0.4, -0.2) is 25.0 Å². The highest BCUT2D eigenvalue weighted by Crippen LogP contribution is 2.35. The number of alkyl halides is 1. The molecule has 1 aliphatic heterocycles. The molecule has 1 nitrogen and oxygen atoms in total. The zero-order chi connectivity index (χ0) is 8.55. The van der Waals surface area contributed by atoms with Crippen LogP contribution in [0.15, 0.2) is 0 Å². The summed E-state index contributed by atoms with van der Waals surface area (Å²) in [6.45, 7) is 2.84. The van der Waals surface area contributed by atoms with Crippen LogP contribution in [0.1, 0.15) is 25.7 Å². The zero-order valence-corrected chi connectivity index (χ0v) is 11.4. The summed E-state index contributed by atoms with van der Waals surface area (Å²) in [5.41, 5.74) is 0. The lowest BCUT2D eigenvalue weighted by atomic mass is 9.75. The van der Waals surface area contributed by atoms with Gasteiger partial charge in [-0.1, -0.05) is 15.9 Å². The Labute approximate surface area is 100 Å². The summed E-state index contributed by atoms with van der Waals surface area (Å²) in [4.78, 5) is 2.58. The average molecular weight is 313 g/mol. The fraction of sp³-hybridized carbons (Fsp3) is 1.00. The topological polar surface area (TPSA) is 4.44 Å². The monoisotopic (exact) mass is 311 g/mol. The molecule has 0 spiro atoms. The van der Waals surface area contributed by atoms with Crippen LogP contribution in [0.2, 0.25) is 0 Å². The maximum atomic E-state index is 3.76. The lowest BCUT2D eigenvalue weighted by molar-refractivity contribution is -0.890. The second-order valence-electron chi connectivity index (χ2n) is 4.63. The van der Waals surface area contributed by atoms with Gasteiger partial charge in [0, 0.05) is 10.7 Å². The summed E-state index contributed by atoms with van der Waals surface area (Å²) in [7, 11) is 2.34. The SMILES string of the molecule is C[NH+]1CC[C@H]2CC(Br)CCC2C1.[Br-]. The summed E-state index contributed by atoms with van der Waals surface area (Å²) in [5.74, 6) is 2.10. The van der Waals surface area contributed by atoms with Gasteiger partial charge in [-0.15, -0.1) is 0 Å². The van der Waals surface area contributed by atoms with Gasteiger partial charge < -0.3 is 21.9 Å². The molecule has 0 radical (unpaired) electrons. The average Bonchev–Trinajstić information content (AvgIpc) is 2.05. The van der Waals surface area contributed by atoms with Crippen molar-refractivity contribution in [3.8, 4) is 0 Å². The van der Waals surface area contributed by atoms with Gasteiger partial charge in [-0.2, -0.15) is 0 Å². The minimum Gasteiger partial charge on any atom is -1.00 e. The van der Waals surface area contributed by atoms with Crippen molar-refractivity contribution in [1.82, 2.24) is 0 Å². The van der Waals surface area contributed by atoms with Crippen LogP contribution in [0.3, 0.4) is 0 Å². The smallest absolute Gasteiger partial charge is 0.0800 e. The fourth-order valence-corrected chi connectivity index (χ4v) is 3.62. The number of halogens is 2. The molecule has 0 aromatic heterocycles. The van der Waals surface area contributed by atoms with Crippen molar-refractivity contribution in [2.75, 3.05) is 20.1 Å². The van der Waals surface area contributed by atoms with Gasteiger partial charge >= 0.3 is 0 Å². The van der Waals surface area contributed by atoms with Gasteiger partial charge in [-0.25, -0.2) is 0 Å². The Kier molecular flexibility index (Phi) is 4.73. The first-order valence-corrected chi connectivity index (χ1v) is 6.12. The van der Waals surface area contributed by atoms with E-state index in [9.17, 15) is 0 Å². The van der Waals surface area contributed by atoms with Crippen LogP contribution in [-0.2, 0) is 0 Å². The van der Waals surface area contributed by atoms with Gasteiger partial charge in [0.1, 0.15) is 0 Å². The predicted molar refractivity (Wildman–Crippen MR) is 54.8 cm³/mol. The van der Waals surface area contributed by atoms with Crippen molar-refractivity contribution in [2.24, 2.45) is 11.8 Å². The Morgan fingerprint density at radius 3 is 2.69 bits per heavy atom. The van der Waals surface area contributed by atoms with E-state index >= 15 is 0 Å². The molecule has 1 aliphatic carbocycles. The fourth-order valence-electron chi connectivity index (χ4n) is 2.87. The lowest BCUT2D eigenvalue weighted by Crippen LogP contribution is -3.11. The van der Waals surface area contributed by atoms with E-state index in [0.717, 1.165) is 16.7 Å². The minimum absolute atomic E-state index is 0. The molecule has 13 heavy (non-hydrogen) atoms. The third-order valence-electron chi connectivity index (χ3n) is 3.63. The maximum absolute atomic E-state index is 3.76. The third kappa shape index (κ3) is 2.93. The molecule has 2 rings (SSSR count). The molecule has 0 aromatic carbocycles. The third-order valence-corrected chi connectivity index (χ3v) is 4.46. The van der Waals surface area contributed by atoms with E-state index in [1.807, 2.05) is 0 Å². The molecule has 4 atom stereocenters. The number of fused-ring (bicyclic) bond motifs is 1. The summed E-state index contributed by atoms with van der Waals surface area (Å²) >= 11 is 3.76. The predicted octanol–water partition coefficient (Wildman–Crippen LogP) is -1.91. The van der Waals surface area contributed by atoms with Crippen LogP contribution in [0, 0.1) is 11.8 Å². The number of rotatable bonds is 0. The molecule has 1 saturated heterocycles. The maximum Gasteiger partial charge on any atom is 0.0800 e. The summed E-state index contributed by atoms with van der Waals surface area (Å²) < 4.78 is 0. The van der Waals surface area contributed by atoms with Gasteiger partial charge in [0.2, 0.25) is 0 Å². The summed E-state index contributed by atoms with van der Waals surface area (Å²) in [6, 6.07) is 0. The van der Waals surface area contributed by atoms with Crippen molar-refractivity contribution >= 4 is 15.9 Å². The normalized spacial score (nSPS) is 44.8. The Balaban J connectivity index is 0.000000845. The first-order chi connectivity index (χ1) is 5.75. The van der Waals surface area contributed by atoms with Gasteiger partial charge in [-0.05, 0) is 31.6 Å². The molecule has 0 aromatic rings. The Bertz CT molecular complexity index is 145. The van der Waals surface area contributed by atoms with Crippen molar-refractivity contribution in [1.29, 1.82) is 0 Å². The van der Waals surface area contributed by atoms with Gasteiger partial charge in [0.25, 0.3) is 0 Å². The van der Waals surface area contributed by atoms with Crippen molar-refractivity contribution in [3.63, 3.8) is 0 Å². The number of likely N-dealkylation sites (tertiary alicyclic amines) is 1. The van der Waals surface area contributed by atoms with E-state index in [1.165, 1.54) is 38.8 Å². The second kappa shape index (κ2) is 5.13. The summed E-state index contributed by atoms with van der Waals surface area (Å²) in [5, 5.41) is 0. The van der Waals surface area contributed by atoms with Crippen molar-refractivity contribution < 1.29 is 21.9 Å². The Morgan fingerprint density at radius 1 is 1.15 bits per heavy atom. The molecular formula is C10H19Br2N. The molecule has 0 bridgehead atoms. The van der Waals surface area contributed by atoms with Crippen LogP contribution < -0.4 is 21.9 Å². The largest absolute Gasteiger partial charge is 1.00 e. The molecule has 1 heterocycles. The van der Waals surface area contributed by atoms with E-state index in [1.54, 1.807) is 4.90 Å². The van der Waals surface area contributed by atoms with Crippen LogP contribution >= 0.6 is 15.9 Å². The molecule has 1 N–H and O–H groups in total. The Hall–Kier alpha value is 0.920. The van der Waals surface area contributed by atoms with E-state index < -0.39 is 0 Å². The summed E-state index contributed by atoms with van der Waals surface area (Å²) in [6.07, 6.45) is 5.79. The quantitative estimate of drug-likeness (QED) is 0.498. The molecular weight excluding hydrogens is 294 g/mol.